The van der Waals surface area contributed by atoms with E-state index in [4.69, 9.17) is 23.2 Å². The Bertz CT molecular complexity index is 505. The Balaban J connectivity index is 2.52. The van der Waals surface area contributed by atoms with Crippen molar-refractivity contribution in [3.8, 4) is 11.5 Å². The smallest absolute Gasteiger partial charge is 0.181 e. The molecule has 2 aromatic heterocycles. The molecule has 2 heterocycles. The number of aryl methyl sites for hydroxylation is 1. The van der Waals surface area contributed by atoms with Crippen LogP contribution in [0.3, 0.4) is 0 Å². The van der Waals surface area contributed by atoms with Crippen LogP contribution in [-0.4, -0.2) is 15.0 Å². The first-order valence-corrected chi connectivity index (χ1v) is 6.23. The number of hydrogen-bond donors (Lipinski definition) is 0. The summed E-state index contributed by atoms with van der Waals surface area (Å²) in [5.74, 6) is 0.440. The van der Waals surface area contributed by atoms with E-state index in [0.29, 0.717) is 25.4 Å². The van der Waals surface area contributed by atoms with Gasteiger partial charge in [-0.3, -0.25) is 4.98 Å². The molecule has 0 amide bonds. The minimum Gasteiger partial charge on any atom is -0.253 e. The van der Waals surface area contributed by atoms with Crippen LogP contribution in [0.2, 0.25) is 10.3 Å². The van der Waals surface area contributed by atoms with Gasteiger partial charge in [-0.15, -0.1) is 0 Å². The molecule has 16 heavy (non-hydrogen) atoms. The molecule has 0 aliphatic rings. The summed E-state index contributed by atoms with van der Waals surface area (Å²) in [4.78, 5) is 12.5. The van der Waals surface area contributed by atoms with Gasteiger partial charge in [0.25, 0.3) is 0 Å². The van der Waals surface area contributed by atoms with E-state index in [0.717, 1.165) is 5.56 Å². The zero-order chi connectivity index (χ0) is 11.7. The van der Waals surface area contributed by atoms with Crippen LogP contribution in [0.5, 0.6) is 0 Å². The zero-order valence-electron chi connectivity index (χ0n) is 8.21. The fourth-order valence-corrected chi connectivity index (χ4v) is 1.74. The van der Waals surface area contributed by atoms with Crippen LogP contribution in [0, 0.1) is 10.5 Å². The molecule has 0 atom stereocenters. The van der Waals surface area contributed by atoms with Gasteiger partial charge in [-0.2, -0.15) is 0 Å². The lowest BCUT2D eigenvalue weighted by Crippen LogP contribution is -1.95. The lowest BCUT2D eigenvalue weighted by Gasteiger charge is -2.03. The second-order valence-electron chi connectivity index (χ2n) is 3.16. The molecule has 0 saturated carbocycles. The molecule has 0 radical (unpaired) electrons. The Morgan fingerprint density at radius 3 is 2.25 bits per heavy atom. The Hall–Kier alpha value is -0.460. The summed E-state index contributed by atoms with van der Waals surface area (Å²) in [6, 6.07) is 3.77. The largest absolute Gasteiger partial charge is 0.253 e. The lowest BCUT2D eigenvalue weighted by molar-refractivity contribution is 1.12. The highest BCUT2D eigenvalue weighted by atomic mass is 127. The number of hydrogen-bond acceptors (Lipinski definition) is 3. The molecular formula is C10H6Cl2IN3. The van der Waals surface area contributed by atoms with E-state index in [1.54, 1.807) is 6.20 Å². The molecule has 0 N–H and O–H groups in total. The highest BCUT2D eigenvalue weighted by Gasteiger charge is 2.10. The molecular weight excluding hydrogens is 360 g/mol. The van der Waals surface area contributed by atoms with Crippen LogP contribution in [0.15, 0.2) is 18.3 Å². The van der Waals surface area contributed by atoms with E-state index in [9.17, 15) is 0 Å². The molecule has 0 saturated heterocycles. The summed E-state index contributed by atoms with van der Waals surface area (Å²) >= 11 is 13.9. The van der Waals surface area contributed by atoms with Gasteiger partial charge >= 0.3 is 0 Å². The minimum absolute atomic E-state index is 0.345. The van der Waals surface area contributed by atoms with E-state index in [-0.39, 0.29) is 0 Å². The topological polar surface area (TPSA) is 38.7 Å². The first-order valence-electron chi connectivity index (χ1n) is 4.39. The molecule has 0 fully saturated rings. The highest BCUT2D eigenvalue weighted by molar-refractivity contribution is 14.1. The average Bonchev–Trinajstić information content (AvgIpc) is 2.26. The first kappa shape index (κ1) is 12.0. The van der Waals surface area contributed by atoms with Crippen LogP contribution in [-0.2, 0) is 0 Å². The van der Waals surface area contributed by atoms with Crippen molar-refractivity contribution in [2.24, 2.45) is 0 Å². The lowest BCUT2D eigenvalue weighted by atomic mass is 10.2. The standard InChI is InChI=1S/C10H6Cl2IN3/c1-5-2-3-6(14-4-5)10-15-8(11)7(13)9(12)16-10/h2-4H,1H3. The van der Waals surface area contributed by atoms with Gasteiger partial charge < -0.3 is 0 Å². The Morgan fingerprint density at radius 1 is 1.12 bits per heavy atom. The van der Waals surface area contributed by atoms with Crippen LogP contribution in [0.4, 0.5) is 0 Å². The number of aromatic nitrogens is 3. The van der Waals surface area contributed by atoms with Gasteiger partial charge in [0.15, 0.2) is 5.82 Å². The Kier molecular flexibility index (Phi) is 3.61. The Morgan fingerprint density at radius 2 is 1.75 bits per heavy atom. The van der Waals surface area contributed by atoms with Gasteiger partial charge in [0.1, 0.15) is 16.0 Å². The van der Waals surface area contributed by atoms with Crippen molar-refractivity contribution in [1.82, 2.24) is 15.0 Å². The third-order valence-corrected chi connectivity index (χ3v) is 4.12. The third-order valence-electron chi connectivity index (χ3n) is 1.91. The minimum atomic E-state index is 0.345. The molecule has 0 spiro atoms. The van der Waals surface area contributed by atoms with Gasteiger partial charge in [0.05, 0.1) is 3.57 Å². The molecule has 0 aliphatic carbocycles. The molecule has 2 aromatic rings. The van der Waals surface area contributed by atoms with Crippen LogP contribution in [0.1, 0.15) is 5.56 Å². The normalized spacial score (nSPS) is 10.5. The van der Waals surface area contributed by atoms with Crippen LogP contribution >= 0.6 is 45.8 Å². The zero-order valence-corrected chi connectivity index (χ0v) is 11.9. The molecule has 0 unspecified atom stereocenters. The number of halogens is 3. The second kappa shape index (κ2) is 4.81. The summed E-state index contributed by atoms with van der Waals surface area (Å²) in [6.07, 6.45) is 1.75. The van der Waals surface area contributed by atoms with Crippen molar-refractivity contribution < 1.29 is 0 Å². The quantitative estimate of drug-likeness (QED) is 0.570. The molecule has 2 rings (SSSR count). The first-order chi connectivity index (χ1) is 7.58. The fraction of sp³-hybridized carbons (Fsp3) is 0.100. The van der Waals surface area contributed by atoms with E-state index in [1.807, 2.05) is 41.6 Å². The van der Waals surface area contributed by atoms with Crippen molar-refractivity contribution in [1.29, 1.82) is 0 Å². The van der Waals surface area contributed by atoms with Crippen molar-refractivity contribution in [2.75, 3.05) is 0 Å². The van der Waals surface area contributed by atoms with Crippen molar-refractivity contribution >= 4 is 45.8 Å². The van der Waals surface area contributed by atoms with Crippen molar-refractivity contribution in [2.45, 2.75) is 6.92 Å². The van der Waals surface area contributed by atoms with Gasteiger partial charge in [-0.05, 0) is 41.1 Å². The van der Waals surface area contributed by atoms with E-state index in [2.05, 4.69) is 15.0 Å². The van der Waals surface area contributed by atoms with Gasteiger partial charge in [-0.1, -0.05) is 29.3 Å². The molecule has 0 bridgehead atoms. The second-order valence-corrected chi connectivity index (χ2v) is 4.96. The van der Waals surface area contributed by atoms with Crippen molar-refractivity contribution in [3.63, 3.8) is 0 Å². The Labute approximate surface area is 116 Å². The van der Waals surface area contributed by atoms with E-state index < -0.39 is 0 Å². The maximum absolute atomic E-state index is 5.93. The molecule has 3 nitrogen and oxygen atoms in total. The third kappa shape index (κ3) is 2.44. The average molecular weight is 366 g/mol. The molecule has 0 aliphatic heterocycles. The molecule has 6 heteroatoms. The monoisotopic (exact) mass is 365 g/mol. The summed E-state index contributed by atoms with van der Waals surface area (Å²) in [6.45, 7) is 1.96. The maximum atomic E-state index is 5.93. The maximum Gasteiger partial charge on any atom is 0.181 e. The SMILES string of the molecule is Cc1ccc(-c2nc(Cl)c(I)c(Cl)n2)nc1. The predicted molar refractivity (Wildman–Crippen MR) is 72.7 cm³/mol. The van der Waals surface area contributed by atoms with E-state index >= 15 is 0 Å². The number of rotatable bonds is 1. The van der Waals surface area contributed by atoms with E-state index in [1.165, 1.54) is 0 Å². The van der Waals surface area contributed by atoms with Crippen LogP contribution in [0.25, 0.3) is 11.5 Å². The molecule has 0 aromatic carbocycles. The number of pyridine rings is 1. The predicted octanol–water partition coefficient (Wildman–Crippen LogP) is 3.76. The summed E-state index contributed by atoms with van der Waals surface area (Å²) in [7, 11) is 0. The summed E-state index contributed by atoms with van der Waals surface area (Å²) in [5, 5.41) is 0.691. The van der Waals surface area contributed by atoms with Crippen LogP contribution < -0.4 is 0 Å². The fourth-order valence-electron chi connectivity index (χ4n) is 1.11. The van der Waals surface area contributed by atoms with Gasteiger partial charge in [0, 0.05) is 6.20 Å². The van der Waals surface area contributed by atoms with Gasteiger partial charge in [0.2, 0.25) is 0 Å². The molecule has 82 valence electrons. The highest BCUT2D eigenvalue weighted by Crippen LogP contribution is 2.25. The number of nitrogens with zero attached hydrogens (tertiary/aromatic N) is 3. The summed E-state index contributed by atoms with van der Waals surface area (Å²) in [5.41, 5.74) is 1.73. The van der Waals surface area contributed by atoms with Gasteiger partial charge in [-0.25, -0.2) is 9.97 Å². The van der Waals surface area contributed by atoms with Crippen molar-refractivity contribution in [3.05, 3.63) is 37.8 Å². The summed E-state index contributed by atoms with van der Waals surface area (Å²) < 4.78 is 0.650.